The zero-order chi connectivity index (χ0) is 9.10. The average molecular weight is 177 g/mol. The number of nitrogens with one attached hydrogen (secondary N) is 1. The molecule has 2 atom stereocenters. The van der Waals surface area contributed by atoms with Crippen molar-refractivity contribution in [3.63, 3.8) is 0 Å². The van der Waals surface area contributed by atoms with E-state index in [1.54, 1.807) is 0 Å². The number of hydrogen-bond donors (Lipinski definition) is 1. The van der Waals surface area contributed by atoms with Crippen molar-refractivity contribution < 1.29 is 4.84 Å². The van der Waals surface area contributed by atoms with Gasteiger partial charge in [0.25, 0.3) is 0 Å². The van der Waals surface area contributed by atoms with E-state index < -0.39 is 0 Å². The minimum atomic E-state index is 0.366. The summed E-state index contributed by atoms with van der Waals surface area (Å²) in [7, 11) is 0. The maximum absolute atomic E-state index is 5.30. The molecule has 1 aliphatic rings. The van der Waals surface area contributed by atoms with Gasteiger partial charge < -0.3 is 4.84 Å². The first kappa shape index (κ1) is 8.73. The Kier molecular flexibility index (Phi) is 2.62. The van der Waals surface area contributed by atoms with Crippen molar-refractivity contribution in [2.45, 2.75) is 19.4 Å². The average Bonchev–Trinajstić information content (AvgIpc) is 2.19. The lowest BCUT2D eigenvalue weighted by molar-refractivity contribution is -0.0455. The number of rotatable bonds is 1. The first-order valence-electron chi connectivity index (χ1n) is 4.78. The molecule has 2 rings (SSSR count). The van der Waals surface area contributed by atoms with Gasteiger partial charge in [0.1, 0.15) is 0 Å². The molecule has 0 bridgehead atoms. The normalized spacial score (nSPS) is 28.7. The SMILES string of the molecule is C[C@@H]1CON[C@@H](c2ccccc2)C1. The molecule has 0 radical (unpaired) electrons. The van der Waals surface area contributed by atoms with Crippen LogP contribution in [0.4, 0.5) is 0 Å². The fraction of sp³-hybridized carbons (Fsp3) is 0.455. The van der Waals surface area contributed by atoms with Gasteiger partial charge in [-0.3, -0.25) is 0 Å². The minimum absolute atomic E-state index is 0.366. The van der Waals surface area contributed by atoms with Crippen LogP contribution in [0.1, 0.15) is 24.9 Å². The monoisotopic (exact) mass is 177 g/mol. The van der Waals surface area contributed by atoms with E-state index in [0.717, 1.165) is 13.0 Å². The lowest BCUT2D eigenvalue weighted by Gasteiger charge is -2.27. The molecule has 1 saturated heterocycles. The second-order valence-electron chi connectivity index (χ2n) is 3.73. The van der Waals surface area contributed by atoms with E-state index in [4.69, 9.17) is 4.84 Å². The van der Waals surface area contributed by atoms with Gasteiger partial charge in [-0.15, -0.1) is 0 Å². The van der Waals surface area contributed by atoms with Crippen molar-refractivity contribution in [3.8, 4) is 0 Å². The highest BCUT2D eigenvalue weighted by Crippen LogP contribution is 2.24. The van der Waals surface area contributed by atoms with Crippen LogP contribution in [0.2, 0.25) is 0 Å². The van der Waals surface area contributed by atoms with Crippen molar-refractivity contribution >= 4 is 0 Å². The molecule has 1 aliphatic heterocycles. The van der Waals surface area contributed by atoms with Gasteiger partial charge in [-0.05, 0) is 17.9 Å². The highest BCUT2D eigenvalue weighted by Gasteiger charge is 2.19. The van der Waals surface area contributed by atoms with Crippen LogP contribution in [0, 0.1) is 5.92 Å². The van der Waals surface area contributed by atoms with Crippen molar-refractivity contribution in [1.82, 2.24) is 5.48 Å². The molecule has 0 unspecified atom stereocenters. The number of benzene rings is 1. The highest BCUT2D eigenvalue weighted by molar-refractivity contribution is 5.18. The van der Waals surface area contributed by atoms with Gasteiger partial charge in [0.2, 0.25) is 0 Å². The predicted molar refractivity (Wildman–Crippen MR) is 52.1 cm³/mol. The molecule has 0 aliphatic carbocycles. The van der Waals surface area contributed by atoms with Crippen LogP contribution < -0.4 is 5.48 Å². The largest absolute Gasteiger partial charge is 0.301 e. The molecular formula is C11H15NO. The van der Waals surface area contributed by atoms with Crippen molar-refractivity contribution in [2.75, 3.05) is 6.61 Å². The summed E-state index contributed by atoms with van der Waals surface area (Å²) in [5, 5.41) is 0. The summed E-state index contributed by atoms with van der Waals surface area (Å²) in [4.78, 5) is 5.30. The molecule has 1 fully saturated rings. The third-order valence-corrected chi connectivity index (χ3v) is 2.43. The van der Waals surface area contributed by atoms with E-state index in [1.807, 2.05) is 6.07 Å². The van der Waals surface area contributed by atoms with Gasteiger partial charge in [-0.25, -0.2) is 0 Å². The summed E-state index contributed by atoms with van der Waals surface area (Å²) in [5.41, 5.74) is 4.38. The van der Waals surface area contributed by atoms with Crippen LogP contribution in [-0.2, 0) is 4.84 Å². The molecule has 0 aromatic heterocycles. The third-order valence-electron chi connectivity index (χ3n) is 2.43. The van der Waals surface area contributed by atoms with Crippen LogP contribution in [0.25, 0.3) is 0 Å². The molecule has 0 spiro atoms. The maximum atomic E-state index is 5.30. The second-order valence-corrected chi connectivity index (χ2v) is 3.73. The summed E-state index contributed by atoms with van der Waals surface area (Å²) in [6.45, 7) is 3.04. The third kappa shape index (κ3) is 2.08. The van der Waals surface area contributed by atoms with Crippen molar-refractivity contribution in [1.29, 1.82) is 0 Å². The van der Waals surface area contributed by atoms with E-state index in [-0.39, 0.29) is 0 Å². The molecular weight excluding hydrogens is 162 g/mol. The van der Waals surface area contributed by atoms with Gasteiger partial charge >= 0.3 is 0 Å². The summed E-state index contributed by atoms with van der Waals surface area (Å²) >= 11 is 0. The van der Waals surface area contributed by atoms with Crippen LogP contribution in [0.15, 0.2) is 30.3 Å². The van der Waals surface area contributed by atoms with Crippen LogP contribution in [0.5, 0.6) is 0 Å². The maximum Gasteiger partial charge on any atom is 0.0708 e. The number of hydroxylamine groups is 1. The zero-order valence-electron chi connectivity index (χ0n) is 7.86. The van der Waals surface area contributed by atoms with E-state index >= 15 is 0 Å². The highest BCUT2D eigenvalue weighted by atomic mass is 16.6. The summed E-state index contributed by atoms with van der Waals surface area (Å²) in [5.74, 6) is 0.645. The lowest BCUT2D eigenvalue weighted by Crippen LogP contribution is -2.32. The van der Waals surface area contributed by atoms with Crippen LogP contribution in [-0.4, -0.2) is 6.61 Å². The molecule has 1 heterocycles. The van der Waals surface area contributed by atoms with E-state index in [9.17, 15) is 0 Å². The van der Waals surface area contributed by atoms with E-state index in [1.165, 1.54) is 5.56 Å². The Bertz CT molecular complexity index is 260. The molecule has 2 nitrogen and oxygen atoms in total. The Hall–Kier alpha value is -0.860. The number of hydrogen-bond acceptors (Lipinski definition) is 2. The molecule has 13 heavy (non-hydrogen) atoms. The molecule has 2 heteroatoms. The predicted octanol–water partition coefficient (Wildman–Crippen LogP) is 2.29. The van der Waals surface area contributed by atoms with Crippen molar-refractivity contribution in [2.24, 2.45) is 5.92 Å². The topological polar surface area (TPSA) is 21.3 Å². The molecule has 0 amide bonds. The summed E-state index contributed by atoms with van der Waals surface area (Å²) in [6, 6.07) is 10.8. The Morgan fingerprint density at radius 3 is 2.77 bits per heavy atom. The summed E-state index contributed by atoms with van der Waals surface area (Å²) in [6.07, 6.45) is 1.16. The molecule has 1 aromatic carbocycles. The smallest absolute Gasteiger partial charge is 0.0708 e. The first-order chi connectivity index (χ1) is 6.36. The fourth-order valence-electron chi connectivity index (χ4n) is 1.70. The fourth-order valence-corrected chi connectivity index (χ4v) is 1.70. The molecule has 1 aromatic rings. The molecule has 0 saturated carbocycles. The quantitative estimate of drug-likeness (QED) is 0.710. The Labute approximate surface area is 78.9 Å². The van der Waals surface area contributed by atoms with Crippen LogP contribution in [0.3, 0.4) is 0 Å². The first-order valence-corrected chi connectivity index (χ1v) is 4.78. The van der Waals surface area contributed by atoms with Crippen LogP contribution >= 0.6 is 0 Å². The standard InChI is InChI=1S/C11H15NO/c1-9-7-11(12-13-8-9)10-5-3-2-4-6-10/h2-6,9,11-12H,7-8H2,1H3/t9-,11+/m0/s1. The zero-order valence-corrected chi connectivity index (χ0v) is 7.86. The lowest BCUT2D eigenvalue weighted by atomic mass is 9.96. The van der Waals surface area contributed by atoms with E-state index in [2.05, 4.69) is 36.7 Å². The van der Waals surface area contributed by atoms with Crippen molar-refractivity contribution in [3.05, 3.63) is 35.9 Å². The van der Waals surface area contributed by atoms with Gasteiger partial charge in [0, 0.05) is 0 Å². The van der Waals surface area contributed by atoms with Gasteiger partial charge in [-0.2, -0.15) is 5.48 Å². The van der Waals surface area contributed by atoms with E-state index in [0.29, 0.717) is 12.0 Å². The molecule has 1 N–H and O–H groups in total. The minimum Gasteiger partial charge on any atom is -0.301 e. The summed E-state index contributed by atoms with van der Waals surface area (Å²) < 4.78 is 0. The van der Waals surface area contributed by atoms with Gasteiger partial charge in [0.05, 0.1) is 12.6 Å². The Morgan fingerprint density at radius 2 is 2.08 bits per heavy atom. The Morgan fingerprint density at radius 1 is 1.31 bits per heavy atom. The van der Waals surface area contributed by atoms with Gasteiger partial charge in [-0.1, -0.05) is 37.3 Å². The molecule has 70 valence electrons. The second kappa shape index (κ2) is 3.90. The van der Waals surface area contributed by atoms with Gasteiger partial charge in [0.15, 0.2) is 0 Å². The Balaban J connectivity index is 2.08.